The first-order valence-electron chi connectivity index (χ1n) is 6.25. The number of anilines is 1. The number of rotatable bonds is 3. The van der Waals surface area contributed by atoms with Crippen LogP contribution in [0.4, 0.5) is 5.95 Å². The molecule has 0 radical (unpaired) electrons. The van der Waals surface area contributed by atoms with E-state index in [9.17, 15) is 0 Å². The highest BCUT2D eigenvalue weighted by atomic mass is 79.9. The van der Waals surface area contributed by atoms with E-state index >= 15 is 0 Å². The second kappa shape index (κ2) is 5.87. The van der Waals surface area contributed by atoms with Crippen molar-refractivity contribution in [3.8, 4) is 11.6 Å². The maximum absolute atomic E-state index is 6.19. The Kier molecular flexibility index (Phi) is 3.94. The first kappa shape index (κ1) is 14.1. The van der Waals surface area contributed by atoms with Gasteiger partial charge in [-0.2, -0.15) is 4.98 Å². The van der Waals surface area contributed by atoms with Crippen LogP contribution in [0.25, 0.3) is 10.9 Å². The average molecular weight is 365 g/mol. The molecule has 1 heterocycles. The molecule has 2 aromatic carbocycles. The molecular weight excluding hydrogens is 354 g/mol. The molecule has 21 heavy (non-hydrogen) atoms. The van der Waals surface area contributed by atoms with Crippen molar-refractivity contribution < 1.29 is 4.74 Å². The summed E-state index contributed by atoms with van der Waals surface area (Å²) in [6, 6.07) is 13.1. The predicted molar refractivity (Wildman–Crippen MR) is 88.3 cm³/mol. The van der Waals surface area contributed by atoms with Gasteiger partial charge in [0.25, 0.3) is 0 Å². The third-order valence-corrected chi connectivity index (χ3v) is 3.68. The molecule has 0 atom stereocenters. The van der Waals surface area contributed by atoms with Crippen molar-refractivity contribution in [1.29, 1.82) is 0 Å². The Hall–Kier alpha value is -1.85. The second-order valence-corrected chi connectivity index (χ2v) is 5.62. The van der Waals surface area contributed by atoms with Crippen LogP contribution in [0.1, 0.15) is 0 Å². The van der Waals surface area contributed by atoms with Gasteiger partial charge >= 0.3 is 0 Å². The third-order valence-electron chi connectivity index (χ3n) is 2.89. The average Bonchev–Trinajstić information content (AvgIpc) is 2.49. The Morgan fingerprint density at radius 2 is 1.95 bits per heavy atom. The summed E-state index contributed by atoms with van der Waals surface area (Å²) in [4.78, 5) is 8.75. The fraction of sp³-hybridized carbons (Fsp3) is 0.0667. The molecule has 0 fully saturated rings. The number of benzene rings is 2. The molecule has 6 heteroatoms. The third kappa shape index (κ3) is 2.94. The van der Waals surface area contributed by atoms with Crippen molar-refractivity contribution in [3.05, 3.63) is 52.0 Å². The molecule has 0 saturated carbocycles. The van der Waals surface area contributed by atoms with Crippen molar-refractivity contribution in [2.24, 2.45) is 0 Å². The van der Waals surface area contributed by atoms with Gasteiger partial charge in [-0.3, -0.25) is 0 Å². The van der Waals surface area contributed by atoms with Gasteiger partial charge in [0, 0.05) is 11.5 Å². The monoisotopic (exact) mass is 363 g/mol. The lowest BCUT2D eigenvalue weighted by Crippen LogP contribution is -1.99. The molecule has 0 aliphatic rings. The van der Waals surface area contributed by atoms with E-state index in [-0.39, 0.29) is 0 Å². The molecule has 0 unspecified atom stereocenters. The Morgan fingerprint density at radius 1 is 1.14 bits per heavy atom. The highest BCUT2D eigenvalue weighted by molar-refractivity contribution is 9.10. The van der Waals surface area contributed by atoms with Gasteiger partial charge in [0.15, 0.2) is 0 Å². The fourth-order valence-corrected chi connectivity index (χ4v) is 2.61. The number of nitrogens with zero attached hydrogens (tertiary/aromatic N) is 2. The van der Waals surface area contributed by atoms with E-state index in [0.717, 1.165) is 15.4 Å². The van der Waals surface area contributed by atoms with Crippen LogP contribution >= 0.6 is 27.5 Å². The number of nitrogens with one attached hydrogen (secondary N) is 1. The smallest absolute Gasteiger partial charge is 0.232 e. The molecule has 1 aromatic heterocycles. The zero-order chi connectivity index (χ0) is 14.8. The van der Waals surface area contributed by atoms with Gasteiger partial charge in [-0.05, 0) is 30.3 Å². The molecule has 0 amide bonds. The second-order valence-electron chi connectivity index (χ2n) is 4.30. The van der Waals surface area contributed by atoms with Gasteiger partial charge in [-0.25, -0.2) is 4.98 Å². The summed E-state index contributed by atoms with van der Waals surface area (Å²) in [5.41, 5.74) is 0.806. The summed E-state index contributed by atoms with van der Waals surface area (Å²) in [6.07, 6.45) is 0. The van der Waals surface area contributed by atoms with E-state index in [1.165, 1.54) is 0 Å². The van der Waals surface area contributed by atoms with Crippen LogP contribution < -0.4 is 10.1 Å². The van der Waals surface area contributed by atoms with E-state index < -0.39 is 0 Å². The summed E-state index contributed by atoms with van der Waals surface area (Å²) >= 11 is 9.56. The number of ether oxygens (including phenoxy) is 1. The highest BCUT2D eigenvalue weighted by Crippen LogP contribution is 2.34. The molecular formula is C15H11BrClN3O. The normalized spacial score (nSPS) is 10.6. The van der Waals surface area contributed by atoms with Crippen LogP contribution in [0, 0.1) is 0 Å². The number of hydrogen-bond acceptors (Lipinski definition) is 4. The van der Waals surface area contributed by atoms with Crippen LogP contribution in [0.15, 0.2) is 46.9 Å². The van der Waals surface area contributed by atoms with Gasteiger partial charge in [0.05, 0.1) is 15.9 Å². The van der Waals surface area contributed by atoms with Crippen LogP contribution in [-0.2, 0) is 0 Å². The highest BCUT2D eigenvalue weighted by Gasteiger charge is 2.11. The molecule has 0 saturated heterocycles. The topological polar surface area (TPSA) is 47.0 Å². The SMILES string of the molecule is CNc1nc(Oc2ccc(Br)cc2Cl)c2ccccc2n1. The maximum atomic E-state index is 6.19. The number of halogens is 2. The maximum Gasteiger partial charge on any atom is 0.232 e. The molecule has 3 aromatic rings. The summed E-state index contributed by atoms with van der Waals surface area (Å²) in [5.74, 6) is 1.51. The molecule has 0 aliphatic heterocycles. The summed E-state index contributed by atoms with van der Waals surface area (Å²) in [6.45, 7) is 0. The minimum atomic E-state index is 0.467. The lowest BCUT2D eigenvalue weighted by atomic mass is 10.2. The van der Waals surface area contributed by atoms with Crippen molar-refractivity contribution in [1.82, 2.24) is 9.97 Å². The Labute approximate surface area is 135 Å². The van der Waals surface area contributed by atoms with Crippen LogP contribution in [-0.4, -0.2) is 17.0 Å². The molecule has 0 bridgehead atoms. The van der Waals surface area contributed by atoms with Crippen molar-refractivity contribution in [3.63, 3.8) is 0 Å². The van der Waals surface area contributed by atoms with Crippen LogP contribution in [0.3, 0.4) is 0 Å². The largest absolute Gasteiger partial charge is 0.437 e. The Morgan fingerprint density at radius 3 is 2.71 bits per heavy atom. The summed E-state index contributed by atoms with van der Waals surface area (Å²) < 4.78 is 6.77. The standard InChI is InChI=1S/C15H11BrClN3O/c1-18-15-19-12-5-3-2-4-10(12)14(20-15)21-13-7-6-9(16)8-11(13)17/h2-8H,1H3,(H,18,19,20). The molecule has 0 aliphatic carbocycles. The first-order valence-corrected chi connectivity index (χ1v) is 7.42. The van der Waals surface area contributed by atoms with Crippen molar-refractivity contribution in [2.45, 2.75) is 0 Å². The summed E-state index contributed by atoms with van der Waals surface area (Å²) in [7, 11) is 1.76. The van der Waals surface area contributed by atoms with E-state index in [2.05, 4.69) is 31.2 Å². The number of para-hydroxylation sites is 1. The zero-order valence-corrected chi connectivity index (χ0v) is 13.4. The number of aromatic nitrogens is 2. The molecule has 1 N–H and O–H groups in total. The lowest BCUT2D eigenvalue weighted by molar-refractivity contribution is 0.469. The predicted octanol–water partition coefficient (Wildman–Crippen LogP) is 4.88. The van der Waals surface area contributed by atoms with Gasteiger partial charge < -0.3 is 10.1 Å². The van der Waals surface area contributed by atoms with Crippen LogP contribution in [0.5, 0.6) is 11.6 Å². The minimum absolute atomic E-state index is 0.467. The zero-order valence-electron chi connectivity index (χ0n) is 11.1. The quantitative estimate of drug-likeness (QED) is 0.719. The lowest BCUT2D eigenvalue weighted by Gasteiger charge is -2.10. The van der Waals surface area contributed by atoms with E-state index in [4.69, 9.17) is 16.3 Å². The Bertz CT molecular complexity index is 810. The fourth-order valence-electron chi connectivity index (χ4n) is 1.90. The van der Waals surface area contributed by atoms with E-state index in [1.807, 2.05) is 30.3 Å². The van der Waals surface area contributed by atoms with Gasteiger partial charge in [0.2, 0.25) is 11.8 Å². The first-order chi connectivity index (χ1) is 10.2. The minimum Gasteiger partial charge on any atom is -0.437 e. The van der Waals surface area contributed by atoms with Gasteiger partial charge in [-0.1, -0.05) is 39.7 Å². The van der Waals surface area contributed by atoms with Gasteiger partial charge in [0.1, 0.15) is 5.75 Å². The number of hydrogen-bond donors (Lipinski definition) is 1. The van der Waals surface area contributed by atoms with E-state index in [1.54, 1.807) is 19.2 Å². The molecule has 3 rings (SSSR count). The van der Waals surface area contributed by atoms with E-state index in [0.29, 0.717) is 22.6 Å². The molecule has 0 spiro atoms. The molecule has 106 valence electrons. The van der Waals surface area contributed by atoms with Crippen LogP contribution in [0.2, 0.25) is 5.02 Å². The summed E-state index contributed by atoms with van der Waals surface area (Å²) in [5, 5.41) is 4.27. The number of fused-ring (bicyclic) bond motifs is 1. The Balaban J connectivity index is 2.10. The van der Waals surface area contributed by atoms with Crippen molar-refractivity contribution >= 4 is 44.4 Å². The van der Waals surface area contributed by atoms with Crippen molar-refractivity contribution in [2.75, 3.05) is 12.4 Å². The van der Waals surface area contributed by atoms with Gasteiger partial charge in [-0.15, -0.1) is 0 Å². The molecule has 4 nitrogen and oxygen atoms in total.